The Balaban J connectivity index is 1.75. The molecule has 0 bridgehead atoms. The molecule has 0 N–H and O–H groups in total. The SMILES string of the molecule is Cc1ccccc1OCC(=O)N(Cc1ccc(Cl)c(Cl)c1)Cc1ccccn1. The predicted octanol–water partition coefficient (Wildman–Crippen LogP) is 5.30. The third-order valence-electron chi connectivity index (χ3n) is 4.23. The van der Waals surface area contributed by atoms with Gasteiger partial charge < -0.3 is 9.64 Å². The predicted molar refractivity (Wildman–Crippen MR) is 112 cm³/mol. The van der Waals surface area contributed by atoms with E-state index in [1.807, 2.05) is 55.5 Å². The molecule has 144 valence electrons. The summed E-state index contributed by atoms with van der Waals surface area (Å²) in [7, 11) is 0. The highest BCUT2D eigenvalue weighted by Gasteiger charge is 2.17. The number of rotatable bonds is 7. The van der Waals surface area contributed by atoms with Crippen LogP contribution in [0.2, 0.25) is 10.0 Å². The summed E-state index contributed by atoms with van der Waals surface area (Å²) in [5.74, 6) is 0.558. The lowest BCUT2D eigenvalue weighted by atomic mass is 10.2. The van der Waals surface area contributed by atoms with Crippen LogP contribution in [0.15, 0.2) is 66.9 Å². The Labute approximate surface area is 174 Å². The summed E-state index contributed by atoms with van der Waals surface area (Å²) in [6, 6.07) is 18.6. The summed E-state index contributed by atoms with van der Waals surface area (Å²) in [5, 5.41) is 0.941. The lowest BCUT2D eigenvalue weighted by molar-refractivity contribution is -0.134. The summed E-state index contributed by atoms with van der Waals surface area (Å²) in [4.78, 5) is 18.9. The van der Waals surface area contributed by atoms with Gasteiger partial charge in [0.05, 0.1) is 22.3 Å². The fourth-order valence-electron chi connectivity index (χ4n) is 2.73. The molecular formula is C22H20Cl2N2O2. The quantitative estimate of drug-likeness (QED) is 0.526. The van der Waals surface area contributed by atoms with E-state index in [1.165, 1.54) is 0 Å². The number of hydrogen-bond acceptors (Lipinski definition) is 3. The van der Waals surface area contributed by atoms with Crippen molar-refractivity contribution in [2.24, 2.45) is 0 Å². The first-order valence-corrected chi connectivity index (χ1v) is 9.58. The van der Waals surface area contributed by atoms with Crippen LogP contribution in [0, 0.1) is 6.92 Å². The van der Waals surface area contributed by atoms with E-state index in [1.54, 1.807) is 23.2 Å². The Morgan fingerprint density at radius 3 is 2.50 bits per heavy atom. The number of aryl methyl sites for hydroxylation is 1. The minimum Gasteiger partial charge on any atom is -0.484 e. The topological polar surface area (TPSA) is 42.4 Å². The summed E-state index contributed by atoms with van der Waals surface area (Å²) in [6.45, 7) is 2.64. The molecule has 1 heterocycles. The van der Waals surface area contributed by atoms with E-state index in [9.17, 15) is 4.79 Å². The van der Waals surface area contributed by atoms with Crippen molar-refractivity contribution in [2.45, 2.75) is 20.0 Å². The molecule has 4 nitrogen and oxygen atoms in total. The summed E-state index contributed by atoms with van der Waals surface area (Å²) >= 11 is 12.1. The number of aromatic nitrogens is 1. The van der Waals surface area contributed by atoms with Gasteiger partial charge in [-0.1, -0.05) is 53.5 Å². The smallest absolute Gasteiger partial charge is 0.261 e. The summed E-state index contributed by atoms with van der Waals surface area (Å²) < 4.78 is 5.74. The lowest BCUT2D eigenvalue weighted by Gasteiger charge is -2.23. The van der Waals surface area contributed by atoms with E-state index in [-0.39, 0.29) is 12.5 Å². The Hall–Kier alpha value is -2.56. The summed E-state index contributed by atoms with van der Waals surface area (Å²) in [5.41, 5.74) is 2.66. The molecule has 0 spiro atoms. The van der Waals surface area contributed by atoms with Crippen LogP contribution in [0.25, 0.3) is 0 Å². The standard InChI is InChI=1S/C22H20Cl2N2O2/c1-16-6-2-3-8-21(16)28-15-22(27)26(14-18-7-4-5-11-25-18)13-17-9-10-19(23)20(24)12-17/h2-12H,13-15H2,1H3. The van der Waals surface area contributed by atoms with Crippen molar-refractivity contribution in [1.29, 1.82) is 0 Å². The number of carbonyl (C=O) groups is 1. The highest BCUT2D eigenvalue weighted by molar-refractivity contribution is 6.42. The first-order chi connectivity index (χ1) is 13.5. The number of amides is 1. The van der Waals surface area contributed by atoms with Crippen molar-refractivity contribution >= 4 is 29.1 Å². The van der Waals surface area contributed by atoms with Gasteiger partial charge >= 0.3 is 0 Å². The zero-order valence-electron chi connectivity index (χ0n) is 15.4. The van der Waals surface area contributed by atoms with Gasteiger partial charge in [0, 0.05) is 12.7 Å². The van der Waals surface area contributed by atoms with Crippen LogP contribution in [-0.2, 0) is 17.9 Å². The van der Waals surface area contributed by atoms with E-state index < -0.39 is 0 Å². The van der Waals surface area contributed by atoms with Crippen molar-refractivity contribution in [3.63, 3.8) is 0 Å². The minimum absolute atomic E-state index is 0.0565. The van der Waals surface area contributed by atoms with Crippen LogP contribution in [-0.4, -0.2) is 22.4 Å². The van der Waals surface area contributed by atoms with Gasteiger partial charge in [0.1, 0.15) is 5.75 Å². The van der Waals surface area contributed by atoms with Crippen LogP contribution in [0.1, 0.15) is 16.8 Å². The maximum absolute atomic E-state index is 12.9. The fourth-order valence-corrected chi connectivity index (χ4v) is 3.05. The first-order valence-electron chi connectivity index (χ1n) is 8.83. The second-order valence-electron chi connectivity index (χ2n) is 6.37. The molecule has 1 amide bonds. The number of halogens is 2. The molecule has 0 fully saturated rings. The van der Waals surface area contributed by atoms with Crippen LogP contribution in [0.4, 0.5) is 0 Å². The van der Waals surface area contributed by atoms with Gasteiger partial charge in [0.25, 0.3) is 5.91 Å². The average Bonchev–Trinajstić information content (AvgIpc) is 2.70. The second-order valence-corrected chi connectivity index (χ2v) is 7.19. The monoisotopic (exact) mass is 414 g/mol. The molecule has 6 heteroatoms. The molecule has 1 aromatic heterocycles. The van der Waals surface area contributed by atoms with E-state index in [0.29, 0.717) is 28.9 Å². The van der Waals surface area contributed by atoms with Crippen LogP contribution >= 0.6 is 23.2 Å². The first kappa shape index (κ1) is 20.2. The van der Waals surface area contributed by atoms with Crippen LogP contribution in [0.5, 0.6) is 5.75 Å². The highest BCUT2D eigenvalue weighted by atomic mass is 35.5. The number of pyridine rings is 1. The molecule has 0 saturated heterocycles. The lowest BCUT2D eigenvalue weighted by Crippen LogP contribution is -2.34. The van der Waals surface area contributed by atoms with Gasteiger partial charge in [0.2, 0.25) is 0 Å². The molecule has 0 radical (unpaired) electrons. The number of hydrogen-bond donors (Lipinski definition) is 0. The molecule has 0 unspecified atom stereocenters. The Morgan fingerprint density at radius 1 is 1.00 bits per heavy atom. The van der Waals surface area contributed by atoms with Crippen molar-refractivity contribution in [3.8, 4) is 5.75 Å². The third-order valence-corrected chi connectivity index (χ3v) is 4.97. The Bertz CT molecular complexity index is 948. The normalized spacial score (nSPS) is 10.5. The highest BCUT2D eigenvalue weighted by Crippen LogP contribution is 2.24. The van der Waals surface area contributed by atoms with E-state index in [0.717, 1.165) is 16.8 Å². The molecule has 0 aliphatic heterocycles. The molecule has 2 aromatic carbocycles. The molecule has 0 saturated carbocycles. The van der Waals surface area contributed by atoms with Gasteiger partial charge in [-0.2, -0.15) is 0 Å². The van der Waals surface area contributed by atoms with E-state index in [4.69, 9.17) is 27.9 Å². The number of ether oxygens (including phenoxy) is 1. The van der Waals surface area contributed by atoms with Crippen LogP contribution in [0.3, 0.4) is 0 Å². The van der Waals surface area contributed by atoms with Crippen molar-refractivity contribution < 1.29 is 9.53 Å². The molecule has 3 aromatic rings. The molecule has 0 aliphatic rings. The minimum atomic E-state index is -0.139. The van der Waals surface area contributed by atoms with E-state index in [2.05, 4.69) is 4.98 Å². The van der Waals surface area contributed by atoms with Crippen molar-refractivity contribution in [2.75, 3.05) is 6.61 Å². The van der Waals surface area contributed by atoms with Crippen molar-refractivity contribution in [3.05, 3.63) is 93.7 Å². The Morgan fingerprint density at radius 2 is 1.79 bits per heavy atom. The number of nitrogens with zero attached hydrogens (tertiary/aromatic N) is 2. The van der Waals surface area contributed by atoms with Crippen LogP contribution < -0.4 is 4.74 Å². The van der Waals surface area contributed by atoms with Gasteiger partial charge in [0.15, 0.2) is 6.61 Å². The second kappa shape index (κ2) is 9.58. The molecule has 0 atom stereocenters. The molecular weight excluding hydrogens is 395 g/mol. The number of para-hydroxylation sites is 1. The zero-order chi connectivity index (χ0) is 19.9. The fraction of sp³-hybridized carbons (Fsp3) is 0.182. The van der Waals surface area contributed by atoms with Gasteiger partial charge in [-0.25, -0.2) is 0 Å². The third kappa shape index (κ3) is 5.47. The maximum Gasteiger partial charge on any atom is 0.261 e. The largest absolute Gasteiger partial charge is 0.484 e. The van der Waals surface area contributed by atoms with Crippen molar-refractivity contribution in [1.82, 2.24) is 9.88 Å². The molecule has 3 rings (SSSR count). The van der Waals surface area contributed by atoms with E-state index >= 15 is 0 Å². The molecule has 0 aliphatic carbocycles. The zero-order valence-corrected chi connectivity index (χ0v) is 17.0. The number of benzene rings is 2. The Kier molecular flexibility index (Phi) is 6.90. The maximum atomic E-state index is 12.9. The molecule has 28 heavy (non-hydrogen) atoms. The van der Waals surface area contributed by atoms with Gasteiger partial charge in [-0.05, 0) is 48.4 Å². The van der Waals surface area contributed by atoms with Gasteiger partial charge in [-0.15, -0.1) is 0 Å². The number of carbonyl (C=O) groups excluding carboxylic acids is 1. The van der Waals surface area contributed by atoms with Gasteiger partial charge in [-0.3, -0.25) is 9.78 Å². The summed E-state index contributed by atoms with van der Waals surface area (Å²) in [6.07, 6.45) is 1.71. The average molecular weight is 415 g/mol.